The van der Waals surface area contributed by atoms with Gasteiger partial charge in [-0.25, -0.2) is 0 Å². The van der Waals surface area contributed by atoms with Crippen molar-refractivity contribution in [2.45, 2.75) is 12.8 Å². The van der Waals surface area contributed by atoms with Gasteiger partial charge in [0.25, 0.3) is 0 Å². The molecule has 0 saturated heterocycles. The number of halogens is 2. The molecule has 0 saturated carbocycles. The summed E-state index contributed by atoms with van der Waals surface area (Å²) >= 11 is 9.28. The highest BCUT2D eigenvalue weighted by atomic mass is 79.9. The van der Waals surface area contributed by atoms with Crippen molar-refractivity contribution < 1.29 is 4.79 Å². The molecule has 0 heterocycles. The highest BCUT2D eigenvalue weighted by Gasteiger charge is 2.23. The minimum Gasteiger partial charge on any atom is -0.294 e. The van der Waals surface area contributed by atoms with Crippen LogP contribution in [-0.2, 0) is 6.42 Å². The molecule has 0 aromatic heterocycles. The molecular formula is C9H6BrClO. The van der Waals surface area contributed by atoms with Crippen LogP contribution >= 0.6 is 27.5 Å². The molecule has 0 amide bonds. The second-order valence-corrected chi connectivity index (χ2v) is 4.07. The maximum Gasteiger partial charge on any atom is 0.164 e. The molecule has 1 aliphatic rings. The molecule has 0 aliphatic heterocycles. The quantitative estimate of drug-likeness (QED) is 0.686. The summed E-state index contributed by atoms with van der Waals surface area (Å²) in [6.07, 6.45) is 1.38. The minimum absolute atomic E-state index is 0.194. The van der Waals surface area contributed by atoms with Crippen LogP contribution in [0.1, 0.15) is 22.3 Å². The Hall–Kier alpha value is -0.340. The molecule has 1 aromatic carbocycles. The van der Waals surface area contributed by atoms with Gasteiger partial charge >= 0.3 is 0 Å². The van der Waals surface area contributed by atoms with Gasteiger partial charge < -0.3 is 0 Å². The number of hydrogen-bond donors (Lipinski definition) is 0. The summed E-state index contributed by atoms with van der Waals surface area (Å²) < 4.78 is 0.865. The zero-order valence-electron chi connectivity index (χ0n) is 6.23. The Kier molecular flexibility index (Phi) is 1.97. The Morgan fingerprint density at radius 3 is 2.75 bits per heavy atom. The zero-order valence-corrected chi connectivity index (χ0v) is 8.58. The molecule has 62 valence electrons. The maximum atomic E-state index is 11.3. The van der Waals surface area contributed by atoms with Crippen LogP contribution in [-0.4, -0.2) is 5.78 Å². The second kappa shape index (κ2) is 2.86. The second-order valence-electron chi connectivity index (χ2n) is 2.81. The van der Waals surface area contributed by atoms with Gasteiger partial charge in [-0.1, -0.05) is 27.5 Å². The Morgan fingerprint density at radius 1 is 1.33 bits per heavy atom. The smallest absolute Gasteiger partial charge is 0.164 e. The monoisotopic (exact) mass is 244 g/mol. The van der Waals surface area contributed by atoms with Crippen LogP contribution in [0.3, 0.4) is 0 Å². The molecule has 0 spiro atoms. The molecule has 0 fully saturated rings. The highest BCUT2D eigenvalue weighted by Crippen LogP contribution is 2.33. The van der Waals surface area contributed by atoms with Crippen molar-refractivity contribution in [2.75, 3.05) is 0 Å². The fourth-order valence-corrected chi connectivity index (χ4v) is 2.35. The van der Waals surface area contributed by atoms with Crippen molar-refractivity contribution in [1.82, 2.24) is 0 Å². The largest absolute Gasteiger partial charge is 0.294 e. The van der Waals surface area contributed by atoms with E-state index in [2.05, 4.69) is 15.9 Å². The van der Waals surface area contributed by atoms with Crippen LogP contribution in [0.2, 0.25) is 5.02 Å². The molecule has 0 unspecified atom stereocenters. The lowest BCUT2D eigenvalue weighted by Crippen LogP contribution is -1.92. The highest BCUT2D eigenvalue weighted by molar-refractivity contribution is 9.10. The number of Topliss-reactive ketones (excluding diaryl/α,β-unsaturated/α-hetero) is 1. The average molecular weight is 246 g/mol. The van der Waals surface area contributed by atoms with Gasteiger partial charge in [-0.2, -0.15) is 0 Å². The van der Waals surface area contributed by atoms with E-state index in [4.69, 9.17) is 11.6 Å². The molecule has 1 nitrogen and oxygen atoms in total. The van der Waals surface area contributed by atoms with Gasteiger partial charge in [-0.05, 0) is 24.1 Å². The van der Waals surface area contributed by atoms with E-state index in [1.54, 1.807) is 0 Å². The topological polar surface area (TPSA) is 17.1 Å². The molecule has 2 rings (SSSR count). The van der Waals surface area contributed by atoms with E-state index in [-0.39, 0.29) is 5.78 Å². The van der Waals surface area contributed by atoms with Crippen LogP contribution in [0.15, 0.2) is 16.6 Å². The minimum atomic E-state index is 0.194. The number of carbonyl (C=O) groups excluding carboxylic acids is 1. The molecule has 0 atom stereocenters. The van der Waals surface area contributed by atoms with Crippen molar-refractivity contribution in [1.29, 1.82) is 0 Å². The first-order chi connectivity index (χ1) is 5.70. The third kappa shape index (κ3) is 1.10. The summed E-state index contributed by atoms with van der Waals surface area (Å²) in [6, 6.07) is 3.65. The van der Waals surface area contributed by atoms with Crippen molar-refractivity contribution in [3.8, 4) is 0 Å². The van der Waals surface area contributed by atoms with Crippen molar-refractivity contribution in [2.24, 2.45) is 0 Å². The molecular weight excluding hydrogens is 239 g/mol. The number of rotatable bonds is 0. The van der Waals surface area contributed by atoms with Crippen LogP contribution in [0.25, 0.3) is 0 Å². The number of benzene rings is 1. The van der Waals surface area contributed by atoms with E-state index >= 15 is 0 Å². The number of fused-ring (bicyclic) bond motifs is 1. The molecule has 12 heavy (non-hydrogen) atoms. The summed E-state index contributed by atoms with van der Waals surface area (Å²) in [7, 11) is 0. The summed E-state index contributed by atoms with van der Waals surface area (Å²) in [5, 5.41) is 0.707. The Labute approximate surface area is 83.9 Å². The third-order valence-corrected chi connectivity index (χ3v) is 3.10. The van der Waals surface area contributed by atoms with Crippen molar-refractivity contribution in [3.05, 3.63) is 32.8 Å². The van der Waals surface area contributed by atoms with Crippen molar-refractivity contribution >= 4 is 33.3 Å². The predicted octanol–water partition coefficient (Wildman–Crippen LogP) is 3.23. The standard InChI is InChI=1S/C9H6BrClO/c10-6-2-3-7(11)5-1-4-8(12)9(5)6/h2-3H,1,4H2. The van der Waals surface area contributed by atoms with E-state index in [1.165, 1.54) is 0 Å². The van der Waals surface area contributed by atoms with Gasteiger partial charge in [0.05, 0.1) is 0 Å². The summed E-state index contributed by atoms with van der Waals surface area (Å²) in [5.74, 6) is 0.194. The van der Waals surface area contributed by atoms with Gasteiger partial charge in [0, 0.05) is 21.5 Å². The van der Waals surface area contributed by atoms with Gasteiger partial charge in [-0.15, -0.1) is 0 Å². The van der Waals surface area contributed by atoms with E-state index in [1.807, 2.05) is 12.1 Å². The molecule has 3 heteroatoms. The van der Waals surface area contributed by atoms with E-state index in [0.717, 1.165) is 22.0 Å². The average Bonchev–Trinajstić information content (AvgIpc) is 2.42. The fraction of sp³-hybridized carbons (Fsp3) is 0.222. The summed E-state index contributed by atoms with van der Waals surface area (Å²) in [5.41, 5.74) is 1.78. The Balaban J connectivity index is 2.72. The van der Waals surface area contributed by atoms with E-state index in [9.17, 15) is 4.79 Å². The molecule has 1 aromatic rings. The lowest BCUT2D eigenvalue weighted by atomic mass is 10.1. The first kappa shape index (κ1) is 8.27. The normalized spacial score (nSPS) is 15.0. The third-order valence-electron chi connectivity index (χ3n) is 2.09. The van der Waals surface area contributed by atoms with Gasteiger partial charge in [0.15, 0.2) is 5.78 Å². The van der Waals surface area contributed by atoms with Gasteiger partial charge in [0.1, 0.15) is 0 Å². The first-order valence-electron chi connectivity index (χ1n) is 3.70. The van der Waals surface area contributed by atoms with Gasteiger partial charge in [0.2, 0.25) is 0 Å². The van der Waals surface area contributed by atoms with Crippen LogP contribution < -0.4 is 0 Å². The predicted molar refractivity (Wildman–Crippen MR) is 51.8 cm³/mol. The molecule has 0 bridgehead atoms. The molecule has 0 radical (unpaired) electrons. The Morgan fingerprint density at radius 2 is 2.08 bits per heavy atom. The van der Waals surface area contributed by atoms with Gasteiger partial charge in [-0.3, -0.25) is 4.79 Å². The number of carbonyl (C=O) groups is 1. The lowest BCUT2D eigenvalue weighted by molar-refractivity contribution is 0.0994. The van der Waals surface area contributed by atoms with Crippen LogP contribution in [0.4, 0.5) is 0 Å². The van der Waals surface area contributed by atoms with Crippen molar-refractivity contribution in [3.63, 3.8) is 0 Å². The van der Waals surface area contributed by atoms with Crippen LogP contribution in [0.5, 0.6) is 0 Å². The van der Waals surface area contributed by atoms with E-state index in [0.29, 0.717) is 11.4 Å². The number of hydrogen-bond acceptors (Lipinski definition) is 1. The SMILES string of the molecule is O=C1CCc2c(Cl)ccc(Br)c21. The van der Waals surface area contributed by atoms with E-state index < -0.39 is 0 Å². The van der Waals surface area contributed by atoms with Crippen LogP contribution in [0, 0.1) is 0 Å². The fourth-order valence-electron chi connectivity index (χ4n) is 1.50. The number of ketones is 1. The summed E-state index contributed by atoms with van der Waals surface area (Å²) in [6.45, 7) is 0. The molecule has 1 aliphatic carbocycles. The summed E-state index contributed by atoms with van der Waals surface area (Å²) in [4.78, 5) is 11.3. The zero-order chi connectivity index (χ0) is 8.72. The Bertz CT molecular complexity index is 360. The first-order valence-corrected chi connectivity index (χ1v) is 4.87. The maximum absolute atomic E-state index is 11.3. The molecule has 0 N–H and O–H groups in total. The lowest BCUT2D eigenvalue weighted by Gasteiger charge is -2.01.